The number of aliphatic hydroxyl groups is 2. The Hall–Kier alpha value is -2.81. The van der Waals surface area contributed by atoms with Crippen molar-refractivity contribution in [3.8, 4) is 0 Å². The highest BCUT2D eigenvalue weighted by Crippen LogP contribution is 2.64. The Bertz CT molecular complexity index is 1930. The summed E-state index contributed by atoms with van der Waals surface area (Å²) in [6.45, 7) is -5.07. The van der Waals surface area contributed by atoms with E-state index in [-0.39, 0.29) is 35.3 Å². The lowest BCUT2D eigenvalue weighted by atomic mass is 9.53. The van der Waals surface area contributed by atoms with Gasteiger partial charge in [-0.25, -0.2) is 39.0 Å². The van der Waals surface area contributed by atoms with Gasteiger partial charge in [0, 0.05) is 0 Å². The molecule has 2 unspecified atom stereocenters. The fourth-order valence-corrected chi connectivity index (χ4v) is 9.54. The van der Waals surface area contributed by atoms with Gasteiger partial charge in [0.2, 0.25) is 0 Å². The number of phosphoric ester groups is 1. The molecule has 5 aliphatic rings. The van der Waals surface area contributed by atoms with E-state index in [0.717, 1.165) is 0 Å². The topological polar surface area (TPSA) is 280 Å². The number of nitrogens with two attached hydrogens (primary N) is 2. The van der Waals surface area contributed by atoms with Crippen LogP contribution in [0.5, 0.6) is 0 Å². The number of aliphatic hydroxyl groups excluding tert-OH is 2. The number of thiol groups is 1. The zero-order valence-electron chi connectivity index (χ0n) is 23.5. The summed E-state index contributed by atoms with van der Waals surface area (Å²) in [6.07, 6.45) is -2.30. The summed E-state index contributed by atoms with van der Waals surface area (Å²) in [7, 11) is -4.88. The van der Waals surface area contributed by atoms with Gasteiger partial charge in [-0.1, -0.05) is 12.2 Å². The highest BCUT2D eigenvalue weighted by Gasteiger charge is 2.61. The summed E-state index contributed by atoms with van der Waals surface area (Å²) in [4.78, 5) is 35.7. The van der Waals surface area contributed by atoms with Crippen LogP contribution in [0.4, 0.5) is 11.6 Å². The van der Waals surface area contributed by atoms with E-state index in [1.807, 2.05) is 0 Å². The van der Waals surface area contributed by atoms with Crippen LogP contribution in [0.3, 0.4) is 0 Å². The van der Waals surface area contributed by atoms with E-state index < -0.39 is 75.9 Å². The Labute approximate surface area is 263 Å². The average molecular weight is 699 g/mol. The molecule has 4 aromatic heterocycles. The molecule has 6 bridgehead atoms. The maximum Gasteiger partial charge on any atom is 0.472 e. The number of aromatic nitrogens is 8. The number of rotatable bonds is 2. The van der Waals surface area contributed by atoms with Crippen LogP contribution in [0.25, 0.3) is 22.3 Å². The van der Waals surface area contributed by atoms with E-state index >= 15 is 0 Å². The lowest BCUT2D eigenvalue weighted by molar-refractivity contribution is -0.184. The molecule has 6 heterocycles. The Balaban J connectivity index is 1.14. The number of ether oxygens (including phenoxy) is 1. The van der Waals surface area contributed by atoms with E-state index in [1.165, 1.54) is 29.9 Å². The van der Waals surface area contributed by atoms with Gasteiger partial charge in [-0.2, -0.15) is 0 Å². The minimum Gasteiger partial charge on any atom is -0.388 e. The van der Waals surface area contributed by atoms with Crippen LogP contribution in [-0.4, -0.2) is 97.9 Å². The molecule has 3 saturated carbocycles. The third kappa shape index (κ3) is 4.84. The summed E-state index contributed by atoms with van der Waals surface area (Å²) >= 11 is 4.18. The van der Waals surface area contributed by atoms with Crippen LogP contribution in [0.15, 0.2) is 25.3 Å². The summed E-state index contributed by atoms with van der Waals surface area (Å²) in [5.41, 5.74) is 13.0. The standard InChI is InChI=1S/C23H28N10O10P2S/c24-19-12-21(28-4-26-19)32(6-30-12)14-8-1-9-10(8)2-39-44(36,37)42-18-15(34)11(3-40-45(38,46)43-17(9)16(14)35)41-23(18)33-7-31-13-20(25)27-5-29-22(13)33/h4-11,14-18,23,34-35H,1-3H2,(H,36,37)(H,38,46)(H2,24,26,28)(H2,25,27,29)/t8-,9-,10-,11+,14?,15+,16-,17+,18+,23+,45-/m0/s1. The van der Waals surface area contributed by atoms with Gasteiger partial charge in [-0.05, 0) is 24.2 Å². The normalized spacial score (nSPS) is 41.3. The molecular weight excluding hydrogens is 670 g/mol. The highest BCUT2D eigenvalue weighted by molar-refractivity contribution is 8.44. The number of nitrogens with zero attached hydrogens (tertiary/aromatic N) is 8. The molecule has 7 N–H and O–H groups in total. The second kappa shape index (κ2) is 10.9. The van der Waals surface area contributed by atoms with Crippen LogP contribution in [0, 0.1) is 17.8 Å². The molecule has 46 heavy (non-hydrogen) atoms. The first kappa shape index (κ1) is 30.5. The second-order valence-electron chi connectivity index (χ2n) is 11.6. The van der Waals surface area contributed by atoms with Gasteiger partial charge in [0.05, 0.1) is 38.0 Å². The van der Waals surface area contributed by atoms with Gasteiger partial charge in [0.25, 0.3) is 0 Å². The molecule has 0 radical (unpaired) electrons. The molecule has 2 saturated heterocycles. The molecule has 0 amide bonds. The molecule has 20 nitrogen and oxygen atoms in total. The molecule has 0 spiro atoms. The average Bonchev–Trinajstić information content (AvgIpc) is 3.69. The molecule has 4 aromatic rings. The summed E-state index contributed by atoms with van der Waals surface area (Å²) in [5.74, 6) is -1.03. The van der Waals surface area contributed by atoms with Gasteiger partial charge >= 0.3 is 14.6 Å². The molecule has 9 rings (SSSR count). The quantitative estimate of drug-likeness (QED) is 0.120. The number of anilines is 2. The molecule has 2 aliphatic heterocycles. The molecule has 0 aromatic carbocycles. The van der Waals surface area contributed by atoms with Gasteiger partial charge in [-0.3, -0.25) is 22.7 Å². The van der Waals surface area contributed by atoms with Crippen molar-refractivity contribution in [1.29, 1.82) is 0 Å². The van der Waals surface area contributed by atoms with E-state index in [2.05, 4.69) is 42.2 Å². The van der Waals surface area contributed by atoms with Gasteiger partial charge < -0.3 is 35.9 Å². The molecule has 5 fully saturated rings. The largest absolute Gasteiger partial charge is 0.472 e. The predicted octanol–water partition coefficient (Wildman–Crippen LogP) is 0.212. The number of hydrogen-bond acceptors (Lipinski definition) is 17. The maximum absolute atomic E-state index is 13.6. The van der Waals surface area contributed by atoms with Gasteiger partial charge in [-0.15, -0.1) is 0 Å². The van der Waals surface area contributed by atoms with Crippen LogP contribution >= 0.6 is 26.9 Å². The lowest BCUT2D eigenvalue weighted by Crippen LogP contribution is -2.62. The van der Waals surface area contributed by atoms with Crippen LogP contribution < -0.4 is 11.5 Å². The van der Waals surface area contributed by atoms with Crippen LogP contribution in [0.2, 0.25) is 0 Å². The molecule has 12 atom stereocenters. The van der Waals surface area contributed by atoms with Crippen molar-refractivity contribution in [1.82, 2.24) is 39.0 Å². The number of nitrogen functional groups attached to an aromatic ring is 2. The third-order valence-electron chi connectivity index (χ3n) is 9.22. The van der Waals surface area contributed by atoms with E-state index in [0.29, 0.717) is 17.6 Å². The molecule has 246 valence electrons. The van der Waals surface area contributed by atoms with Gasteiger partial charge in [0.15, 0.2) is 29.2 Å². The highest BCUT2D eigenvalue weighted by atomic mass is 32.7. The Kier molecular flexibility index (Phi) is 7.20. The monoisotopic (exact) mass is 698 g/mol. The van der Waals surface area contributed by atoms with Crippen LogP contribution in [0.1, 0.15) is 18.7 Å². The van der Waals surface area contributed by atoms with Crippen molar-refractivity contribution < 1.29 is 47.1 Å². The number of phosphoric acid groups is 1. The van der Waals surface area contributed by atoms with E-state index in [4.69, 9.17) is 34.3 Å². The predicted molar refractivity (Wildman–Crippen MR) is 158 cm³/mol. The number of imidazole rings is 2. The number of fused-ring (bicyclic) bond motifs is 5. The third-order valence-corrected chi connectivity index (χ3v) is 11.8. The summed E-state index contributed by atoms with van der Waals surface area (Å²) < 4.78 is 58.5. The minimum atomic E-state index is -4.88. The number of hydrogen-bond donors (Lipinski definition) is 6. The van der Waals surface area contributed by atoms with Crippen molar-refractivity contribution in [2.75, 3.05) is 24.7 Å². The minimum absolute atomic E-state index is 0.0761. The van der Waals surface area contributed by atoms with E-state index in [1.54, 1.807) is 4.57 Å². The first-order chi connectivity index (χ1) is 21.9. The van der Waals surface area contributed by atoms with Gasteiger partial charge in [0.1, 0.15) is 48.1 Å². The second-order valence-corrected chi connectivity index (χ2v) is 15.9. The van der Waals surface area contributed by atoms with Crippen molar-refractivity contribution in [2.45, 2.75) is 49.2 Å². The molecular formula is C23H28N10O10P2S. The van der Waals surface area contributed by atoms with Crippen LogP contribution in [-0.2, 0) is 32.0 Å². The zero-order valence-corrected chi connectivity index (χ0v) is 26.2. The fourth-order valence-electron chi connectivity index (χ4n) is 7.07. The lowest BCUT2D eigenvalue weighted by Gasteiger charge is -2.58. The molecule has 3 aliphatic carbocycles. The Morgan fingerprint density at radius 3 is 2.15 bits per heavy atom. The van der Waals surface area contributed by atoms with E-state index in [9.17, 15) is 24.2 Å². The summed E-state index contributed by atoms with van der Waals surface area (Å²) in [5, 5.41) is 22.8. The van der Waals surface area contributed by atoms with Crippen molar-refractivity contribution in [2.24, 2.45) is 17.8 Å². The Morgan fingerprint density at radius 1 is 0.804 bits per heavy atom. The first-order valence-corrected chi connectivity index (χ1v) is 18.3. The zero-order chi connectivity index (χ0) is 32.1. The smallest absolute Gasteiger partial charge is 0.388 e. The fraction of sp³-hybridized carbons (Fsp3) is 0.565. The first-order valence-electron chi connectivity index (χ1n) is 14.1. The maximum atomic E-state index is 13.6. The van der Waals surface area contributed by atoms with Crippen molar-refractivity contribution in [3.63, 3.8) is 0 Å². The summed E-state index contributed by atoms with van der Waals surface area (Å²) in [6, 6.07) is -0.738. The molecule has 23 heteroatoms. The van der Waals surface area contributed by atoms with Crippen molar-refractivity contribution >= 4 is 60.8 Å². The van der Waals surface area contributed by atoms with Crippen molar-refractivity contribution in [3.05, 3.63) is 25.3 Å². The SMILES string of the molecule is Nc1ncnc2c1ncn2C1[C@H]2C[C@H]3[C@H]2COP(=O)(O)O[C@@H]2[C@H](O)[C@@H](CO[P@](=O)(S)O[C@H]3[C@H]1O)O[C@H]2n1cnc2c(N)ncnc21. The Morgan fingerprint density at radius 2 is 1.46 bits per heavy atom.